The van der Waals surface area contributed by atoms with Crippen LogP contribution in [0.25, 0.3) is 11.3 Å². The van der Waals surface area contributed by atoms with Gasteiger partial charge in [0, 0.05) is 42.7 Å². The zero-order chi connectivity index (χ0) is 27.5. The number of benzene rings is 2. The number of hydrogen-bond donors (Lipinski definition) is 1. The number of rotatable bonds is 9. The molecule has 0 unspecified atom stereocenters. The lowest BCUT2D eigenvalue weighted by Crippen LogP contribution is -2.40. The number of sulfonamides is 2. The zero-order valence-electron chi connectivity index (χ0n) is 21.0. The number of anilines is 1. The van der Waals surface area contributed by atoms with E-state index >= 15 is 0 Å². The molecule has 0 atom stereocenters. The Morgan fingerprint density at radius 1 is 0.795 bits per heavy atom. The average molecular weight is 593 g/mol. The molecule has 1 N–H and O–H groups in total. The Labute approximate surface area is 231 Å². The van der Waals surface area contributed by atoms with Crippen molar-refractivity contribution in [3.05, 3.63) is 59.5 Å². The second-order valence-corrected chi connectivity index (χ2v) is 13.6. The van der Waals surface area contributed by atoms with Crippen LogP contribution in [0.15, 0.2) is 63.7 Å². The number of nitrogens with zero attached hydrogens (tertiary/aromatic N) is 3. The Morgan fingerprint density at radius 3 is 1.79 bits per heavy atom. The number of aromatic nitrogens is 1. The first-order valence-corrected chi connectivity index (χ1v) is 16.1. The minimum Gasteiger partial charge on any atom is -0.379 e. The van der Waals surface area contributed by atoms with Crippen LogP contribution in [-0.4, -0.2) is 95.4 Å². The van der Waals surface area contributed by atoms with Crippen LogP contribution < -0.4 is 5.32 Å². The number of ketones is 1. The molecule has 2 aliphatic heterocycles. The largest absolute Gasteiger partial charge is 0.379 e. The topological polar surface area (TPSA) is 135 Å². The first-order valence-electron chi connectivity index (χ1n) is 12.3. The van der Waals surface area contributed by atoms with Crippen molar-refractivity contribution in [3.63, 3.8) is 0 Å². The van der Waals surface area contributed by atoms with E-state index in [-0.39, 0.29) is 22.1 Å². The molecule has 2 aromatic carbocycles. The lowest BCUT2D eigenvalue weighted by molar-refractivity contribution is 0.0730. The van der Waals surface area contributed by atoms with E-state index in [1.807, 2.05) is 5.38 Å². The zero-order valence-corrected chi connectivity index (χ0v) is 23.4. The van der Waals surface area contributed by atoms with Crippen LogP contribution in [-0.2, 0) is 29.5 Å². The van der Waals surface area contributed by atoms with Gasteiger partial charge < -0.3 is 14.8 Å². The molecule has 0 radical (unpaired) electrons. The van der Waals surface area contributed by atoms with Gasteiger partial charge in [0.05, 0.1) is 48.5 Å². The molecule has 2 saturated heterocycles. The van der Waals surface area contributed by atoms with Gasteiger partial charge in [-0.05, 0) is 36.4 Å². The van der Waals surface area contributed by atoms with Crippen LogP contribution in [0.4, 0.5) is 5.13 Å². The van der Waals surface area contributed by atoms with Crippen LogP contribution in [0.2, 0.25) is 0 Å². The molecule has 208 valence electrons. The number of hydrogen-bond acceptors (Lipinski definition) is 10. The highest BCUT2D eigenvalue weighted by molar-refractivity contribution is 7.89. The molecule has 11 nitrogen and oxygen atoms in total. The molecule has 0 spiro atoms. The highest BCUT2D eigenvalue weighted by Gasteiger charge is 2.27. The molecule has 39 heavy (non-hydrogen) atoms. The maximum atomic E-state index is 12.8. The first-order chi connectivity index (χ1) is 18.7. The van der Waals surface area contributed by atoms with Gasteiger partial charge in [-0.3, -0.25) is 4.79 Å². The van der Waals surface area contributed by atoms with E-state index in [1.165, 1.54) is 44.2 Å². The summed E-state index contributed by atoms with van der Waals surface area (Å²) in [4.78, 5) is 17.6. The normalized spacial score (nSPS) is 17.6. The minimum atomic E-state index is -3.62. The number of thiazole rings is 1. The second-order valence-electron chi connectivity index (χ2n) is 8.90. The summed E-state index contributed by atoms with van der Waals surface area (Å²) in [5.74, 6) is -0.209. The second kappa shape index (κ2) is 11.8. The molecular weight excluding hydrogens is 564 g/mol. The predicted molar refractivity (Wildman–Crippen MR) is 146 cm³/mol. The van der Waals surface area contributed by atoms with E-state index in [0.29, 0.717) is 69.0 Å². The summed E-state index contributed by atoms with van der Waals surface area (Å²) >= 11 is 1.33. The fourth-order valence-electron chi connectivity index (χ4n) is 4.23. The van der Waals surface area contributed by atoms with Crippen molar-refractivity contribution < 1.29 is 31.1 Å². The van der Waals surface area contributed by atoms with Gasteiger partial charge in [-0.2, -0.15) is 8.61 Å². The highest BCUT2D eigenvalue weighted by Crippen LogP contribution is 2.27. The molecule has 3 aromatic rings. The molecule has 2 fully saturated rings. The van der Waals surface area contributed by atoms with E-state index in [2.05, 4.69) is 10.3 Å². The molecule has 0 amide bonds. The van der Waals surface area contributed by atoms with E-state index < -0.39 is 20.0 Å². The molecule has 0 bridgehead atoms. The Morgan fingerprint density at radius 2 is 1.28 bits per heavy atom. The molecule has 1 aromatic heterocycles. The van der Waals surface area contributed by atoms with Crippen LogP contribution >= 0.6 is 11.3 Å². The number of ether oxygens (including phenoxy) is 2. The molecule has 0 saturated carbocycles. The maximum absolute atomic E-state index is 12.8. The van der Waals surface area contributed by atoms with Crippen molar-refractivity contribution in [1.29, 1.82) is 0 Å². The fraction of sp³-hybridized carbons (Fsp3) is 0.360. The Hall–Kier alpha value is -2.72. The summed E-state index contributed by atoms with van der Waals surface area (Å²) in [6.45, 7) is 2.76. The van der Waals surface area contributed by atoms with Crippen molar-refractivity contribution >= 4 is 42.3 Å². The average Bonchev–Trinajstić information content (AvgIpc) is 3.46. The van der Waals surface area contributed by atoms with E-state index in [1.54, 1.807) is 24.3 Å². The van der Waals surface area contributed by atoms with Gasteiger partial charge >= 0.3 is 0 Å². The van der Waals surface area contributed by atoms with Crippen molar-refractivity contribution in [2.45, 2.75) is 9.79 Å². The molecule has 0 aliphatic carbocycles. The third-order valence-corrected chi connectivity index (χ3v) is 11.1. The third kappa shape index (κ3) is 6.22. The van der Waals surface area contributed by atoms with E-state index in [9.17, 15) is 21.6 Å². The Bertz CT molecular complexity index is 1510. The maximum Gasteiger partial charge on any atom is 0.243 e. The van der Waals surface area contributed by atoms with Gasteiger partial charge in [0.2, 0.25) is 20.0 Å². The lowest BCUT2D eigenvalue weighted by atomic mass is 10.1. The van der Waals surface area contributed by atoms with Crippen LogP contribution in [0, 0.1) is 0 Å². The molecule has 14 heteroatoms. The quantitative estimate of drug-likeness (QED) is 0.371. The Balaban J connectivity index is 1.18. The Kier molecular flexibility index (Phi) is 8.42. The smallest absolute Gasteiger partial charge is 0.243 e. The van der Waals surface area contributed by atoms with Crippen molar-refractivity contribution in [1.82, 2.24) is 13.6 Å². The van der Waals surface area contributed by atoms with E-state index in [0.717, 1.165) is 5.56 Å². The van der Waals surface area contributed by atoms with Crippen molar-refractivity contribution in [2.24, 2.45) is 0 Å². The number of carbonyl (C=O) groups excluding carboxylic acids is 1. The number of carbonyl (C=O) groups is 1. The monoisotopic (exact) mass is 592 g/mol. The lowest BCUT2D eigenvalue weighted by Gasteiger charge is -2.26. The number of morpholine rings is 2. The highest BCUT2D eigenvalue weighted by atomic mass is 32.2. The first kappa shape index (κ1) is 27.8. The predicted octanol–water partition coefficient (Wildman–Crippen LogP) is 2.15. The molecular formula is C25H28N4O7S3. The van der Waals surface area contributed by atoms with Gasteiger partial charge in [-0.1, -0.05) is 12.1 Å². The molecule has 2 aliphatic rings. The number of Topliss-reactive ketones (excluding diaryl/α,β-unsaturated/α-hetero) is 1. The van der Waals surface area contributed by atoms with Crippen molar-refractivity contribution in [2.75, 3.05) is 64.5 Å². The van der Waals surface area contributed by atoms with Gasteiger partial charge in [0.25, 0.3) is 0 Å². The SMILES string of the molecule is O=C(CNc1nc(-c2ccc(S(=O)(=O)N3CCOCC3)cc2)cs1)c1ccc(S(=O)(=O)N2CCOCC2)cc1. The summed E-state index contributed by atoms with van der Waals surface area (Å²) in [5.41, 5.74) is 1.80. The van der Waals surface area contributed by atoms with Crippen LogP contribution in [0.3, 0.4) is 0 Å². The summed E-state index contributed by atoms with van der Waals surface area (Å²) in [5, 5.41) is 5.37. The van der Waals surface area contributed by atoms with Gasteiger partial charge in [0.15, 0.2) is 10.9 Å². The van der Waals surface area contributed by atoms with Gasteiger partial charge in [-0.25, -0.2) is 21.8 Å². The third-order valence-electron chi connectivity index (χ3n) is 6.45. The van der Waals surface area contributed by atoms with Gasteiger partial charge in [-0.15, -0.1) is 11.3 Å². The summed E-state index contributed by atoms with van der Waals surface area (Å²) in [7, 11) is -7.20. The minimum absolute atomic E-state index is 0.0146. The summed E-state index contributed by atoms with van der Waals surface area (Å²) < 4.78 is 64.4. The summed E-state index contributed by atoms with van der Waals surface area (Å²) in [6, 6.07) is 12.5. The van der Waals surface area contributed by atoms with Crippen molar-refractivity contribution in [3.8, 4) is 11.3 Å². The molecule has 3 heterocycles. The molecule has 5 rings (SSSR count). The van der Waals surface area contributed by atoms with Crippen LogP contribution in [0.1, 0.15) is 10.4 Å². The standard InChI is InChI=1S/C25H28N4O7S3/c30-24(20-3-7-22(8-4-20)39(33,34)29-11-15-36-16-12-29)17-26-25-27-23(18-37-25)19-1-5-21(6-2-19)38(31,32)28-9-13-35-14-10-28/h1-8,18H,9-17H2,(H,26,27). The van der Waals surface area contributed by atoms with Crippen LogP contribution in [0.5, 0.6) is 0 Å². The van der Waals surface area contributed by atoms with Gasteiger partial charge in [0.1, 0.15) is 0 Å². The van der Waals surface area contributed by atoms with E-state index in [4.69, 9.17) is 9.47 Å². The number of nitrogens with one attached hydrogen (secondary N) is 1. The fourth-order valence-corrected chi connectivity index (χ4v) is 7.76. The summed E-state index contributed by atoms with van der Waals surface area (Å²) in [6.07, 6.45) is 0.